The number of amides is 2. The fraction of sp³-hybridized carbons (Fsp3) is 0.0455. The molecule has 30 heavy (non-hydrogen) atoms. The van der Waals surface area contributed by atoms with Crippen LogP contribution in [-0.2, 0) is 0 Å². The first-order valence-electron chi connectivity index (χ1n) is 8.84. The minimum atomic E-state index is -1.24. The lowest BCUT2D eigenvalue weighted by Gasteiger charge is -2.10. The van der Waals surface area contributed by atoms with Gasteiger partial charge in [-0.2, -0.15) is 0 Å². The van der Waals surface area contributed by atoms with E-state index in [-0.39, 0.29) is 5.88 Å². The number of benzene rings is 3. The van der Waals surface area contributed by atoms with Gasteiger partial charge in [-0.25, -0.2) is 18.0 Å². The second kappa shape index (κ2) is 7.76. The monoisotopic (exact) mass is 430 g/mol. The van der Waals surface area contributed by atoms with Crippen LogP contribution in [-0.4, -0.2) is 6.03 Å². The highest BCUT2D eigenvalue weighted by atomic mass is 35.5. The van der Waals surface area contributed by atoms with Gasteiger partial charge in [0.1, 0.15) is 17.1 Å². The lowest BCUT2D eigenvalue weighted by Crippen LogP contribution is -2.21. The standard InChI is InChI=1S/C22H14ClF3N2O2/c1-11-4-2-3-5-14(11)19-15-8-12(23)6-7-18(15)30-21(19)28-22(29)27-20-16(25)9-13(24)10-17(20)26/h2-10H,1H3,(H2,27,28,29). The number of rotatable bonds is 3. The molecule has 0 atom stereocenters. The molecule has 4 aromatic rings. The van der Waals surface area contributed by atoms with Gasteiger partial charge in [-0.3, -0.25) is 5.32 Å². The quantitative estimate of drug-likeness (QED) is 0.363. The Hall–Kier alpha value is -3.45. The van der Waals surface area contributed by atoms with Crippen LogP contribution in [0.4, 0.5) is 29.5 Å². The molecule has 0 spiro atoms. The molecule has 2 N–H and O–H groups in total. The zero-order chi connectivity index (χ0) is 21.4. The van der Waals surface area contributed by atoms with Gasteiger partial charge >= 0.3 is 6.03 Å². The number of anilines is 2. The van der Waals surface area contributed by atoms with Crippen molar-refractivity contribution in [3.05, 3.63) is 82.6 Å². The summed E-state index contributed by atoms with van der Waals surface area (Å²) >= 11 is 6.13. The van der Waals surface area contributed by atoms with Crippen molar-refractivity contribution >= 4 is 40.2 Å². The van der Waals surface area contributed by atoms with Crippen molar-refractivity contribution < 1.29 is 22.4 Å². The van der Waals surface area contributed by atoms with E-state index < -0.39 is 29.2 Å². The van der Waals surface area contributed by atoms with Gasteiger partial charge in [-0.15, -0.1) is 0 Å². The smallest absolute Gasteiger partial charge is 0.326 e. The van der Waals surface area contributed by atoms with Crippen LogP contribution in [0.15, 0.2) is 59.0 Å². The molecule has 3 aromatic carbocycles. The fourth-order valence-electron chi connectivity index (χ4n) is 3.19. The number of urea groups is 1. The third-order valence-electron chi connectivity index (χ3n) is 4.54. The molecule has 0 fully saturated rings. The third-order valence-corrected chi connectivity index (χ3v) is 4.77. The van der Waals surface area contributed by atoms with Crippen LogP contribution in [0.5, 0.6) is 0 Å². The van der Waals surface area contributed by atoms with E-state index >= 15 is 0 Å². The largest absolute Gasteiger partial charge is 0.440 e. The van der Waals surface area contributed by atoms with Gasteiger partial charge < -0.3 is 9.73 Å². The first-order valence-corrected chi connectivity index (χ1v) is 9.22. The summed E-state index contributed by atoms with van der Waals surface area (Å²) in [6, 6.07) is 12.4. The Balaban J connectivity index is 1.75. The lowest BCUT2D eigenvalue weighted by molar-refractivity contribution is 0.261. The summed E-state index contributed by atoms with van der Waals surface area (Å²) in [5.74, 6) is -3.50. The molecular formula is C22H14ClF3N2O2. The molecule has 0 aliphatic heterocycles. The molecule has 0 radical (unpaired) electrons. The van der Waals surface area contributed by atoms with E-state index in [0.29, 0.717) is 33.7 Å². The number of halogens is 4. The summed E-state index contributed by atoms with van der Waals surface area (Å²) in [5.41, 5.74) is 1.96. The summed E-state index contributed by atoms with van der Waals surface area (Å²) in [4.78, 5) is 12.4. The summed E-state index contributed by atoms with van der Waals surface area (Å²) in [6.45, 7) is 1.89. The Morgan fingerprint density at radius 1 is 0.967 bits per heavy atom. The minimum Gasteiger partial charge on any atom is -0.440 e. The Labute approximate surface area is 174 Å². The maximum absolute atomic E-state index is 13.9. The molecule has 0 aliphatic rings. The molecule has 8 heteroatoms. The van der Waals surface area contributed by atoms with Crippen molar-refractivity contribution in [1.82, 2.24) is 0 Å². The number of furan rings is 1. The molecular weight excluding hydrogens is 417 g/mol. The molecule has 2 amide bonds. The molecule has 1 heterocycles. The highest BCUT2D eigenvalue weighted by molar-refractivity contribution is 6.31. The predicted octanol–water partition coefficient (Wildman–Crippen LogP) is 7.12. The minimum absolute atomic E-state index is 0.0713. The number of aryl methyl sites for hydroxylation is 1. The van der Waals surface area contributed by atoms with E-state index in [2.05, 4.69) is 10.6 Å². The molecule has 0 unspecified atom stereocenters. The Kier molecular flexibility index (Phi) is 5.13. The second-order valence-corrected chi connectivity index (χ2v) is 7.02. The van der Waals surface area contributed by atoms with Crippen molar-refractivity contribution in [2.45, 2.75) is 6.92 Å². The van der Waals surface area contributed by atoms with E-state index in [9.17, 15) is 18.0 Å². The van der Waals surface area contributed by atoms with Crippen LogP contribution in [0.1, 0.15) is 5.56 Å². The molecule has 152 valence electrons. The van der Waals surface area contributed by atoms with E-state index in [4.69, 9.17) is 16.0 Å². The van der Waals surface area contributed by atoms with Crippen LogP contribution >= 0.6 is 11.6 Å². The van der Waals surface area contributed by atoms with Crippen molar-refractivity contribution in [2.75, 3.05) is 10.6 Å². The van der Waals surface area contributed by atoms with E-state index in [1.165, 1.54) is 0 Å². The Morgan fingerprint density at radius 2 is 1.67 bits per heavy atom. The first-order chi connectivity index (χ1) is 14.3. The van der Waals surface area contributed by atoms with E-state index in [0.717, 1.165) is 11.1 Å². The van der Waals surface area contributed by atoms with Gasteiger partial charge in [0.2, 0.25) is 5.88 Å². The van der Waals surface area contributed by atoms with Crippen LogP contribution in [0.3, 0.4) is 0 Å². The van der Waals surface area contributed by atoms with Crippen LogP contribution < -0.4 is 10.6 Å². The SMILES string of the molecule is Cc1ccccc1-c1c(NC(=O)Nc2c(F)cc(F)cc2F)oc2ccc(Cl)cc12. The summed E-state index contributed by atoms with van der Waals surface area (Å²) in [5, 5.41) is 5.66. The zero-order valence-electron chi connectivity index (χ0n) is 15.5. The number of carbonyl (C=O) groups is 1. The maximum Gasteiger partial charge on any atom is 0.326 e. The maximum atomic E-state index is 13.9. The molecule has 0 saturated carbocycles. The second-order valence-electron chi connectivity index (χ2n) is 6.59. The van der Waals surface area contributed by atoms with Gasteiger partial charge in [0, 0.05) is 22.5 Å². The average Bonchev–Trinajstić information content (AvgIpc) is 3.02. The van der Waals surface area contributed by atoms with Gasteiger partial charge in [0.05, 0.1) is 5.56 Å². The first kappa shape index (κ1) is 19.8. The molecule has 0 aliphatic carbocycles. The van der Waals surface area contributed by atoms with Crippen LogP contribution in [0.25, 0.3) is 22.1 Å². The topological polar surface area (TPSA) is 54.3 Å². The summed E-state index contributed by atoms with van der Waals surface area (Å²) in [7, 11) is 0. The Bertz CT molecular complexity index is 1260. The fourth-order valence-corrected chi connectivity index (χ4v) is 3.36. The molecule has 0 saturated heterocycles. The Morgan fingerprint density at radius 3 is 2.37 bits per heavy atom. The van der Waals surface area contributed by atoms with Crippen LogP contribution in [0.2, 0.25) is 5.02 Å². The normalized spacial score (nSPS) is 11.0. The highest BCUT2D eigenvalue weighted by Gasteiger charge is 2.21. The average molecular weight is 431 g/mol. The van der Waals surface area contributed by atoms with Crippen molar-refractivity contribution in [2.24, 2.45) is 0 Å². The van der Waals surface area contributed by atoms with E-state index in [1.807, 2.05) is 31.2 Å². The zero-order valence-corrected chi connectivity index (χ0v) is 16.3. The number of hydrogen-bond donors (Lipinski definition) is 2. The van der Waals surface area contributed by atoms with Gasteiger partial charge in [0.15, 0.2) is 11.6 Å². The van der Waals surface area contributed by atoms with Gasteiger partial charge in [-0.1, -0.05) is 35.9 Å². The third kappa shape index (κ3) is 3.71. The van der Waals surface area contributed by atoms with E-state index in [1.54, 1.807) is 18.2 Å². The molecule has 0 bridgehead atoms. The number of hydrogen-bond acceptors (Lipinski definition) is 2. The van der Waals surface area contributed by atoms with Crippen LogP contribution in [0, 0.1) is 24.4 Å². The number of fused-ring (bicyclic) bond motifs is 1. The lowest BCUT2D eigenvalue weighted by atomic mass is 9.99. The molecule has 4 rings (SSSR count). The van der Waals surface area contributed by atoms with Crippen molar-refractivity contribution in [3.63, 3.8) is 0 Å². The summed E-state index contributed by atoms with van der Waals surface area (Å²) < 4.78 is 46.6. The predicted molar refractivity (Wildman–Crippen MR) is 110 cm³/mol. The molecule has 1 aromatic heterocycles. The van der Waals surface area contributed by atoms with Gasteiger partial charge in [-0.05, 0) is 36.2 Å². The van der Waals surface area contributed by atoms with Gasteiger partial charge in [0.25, 0.3) is 0 Å². The summed E-state index contributed by atoms with van der Waals surface area (Å²) in [6.07, 6.45) is 0. The van der Waals surface area contributed by atoms with Crippen molar-refractivity contribution in [1.29, 1.82) is 0 Å². The number of carbonyl (C=O) groups excluding carboxylic acids is 1. The van der Waals surface area contributed by atoms with Crippen molar-refractivity contribution in [3.8, 4) is 11.1 Å². The number of nitrogens with one attached hydrogen (secondary N) is 2. The molecule has 4 nitrogen and oxygen atoms in total. The highest BCUT2D eigenvalue weighted by Crippen LogP contribution is 2.41.